The second kappa shape index (κ2) is 6.19. The zero-order chi connectivity index (χ0) is 20.2. The number of rotatable bonds is 2. The van der Waals surface area contributed by atoms with Crippen molar-refractivity contribution in [2.24, 2.45) is 0 Å². The molecule has 1 atom stereocenters. The maximum Gasteiger partial charge on any atom is 0.416 e. The number of nitrogens with one attached hydrogen (secondary N) is 1. The van der Waals surface area contributed by atoms with Crippen LogP contribution in [0.15, 0.2) is 47.7 Å². The van der Waals surface area contributed by atoms with Gasteiger partial charge in [-0.05, 0) is 18.2 Å². The first-order valence-electron chi connectivity index (χ1n) is 8.70. The lowest BCUT2D eigenvalue weighted by molar-refractivity contribution is -0.137. The van der Waals surface area contributed by atoms with E-state index in [1.165, 1.54) is 34.2 Å². The number of hydrogen-bond donors (Lipinski definition) is 1. The van der Waals surface area contributed by atoms with Crippen LogP contribution in [0.5, 0.6) is 0 Å². The Morgan fingerprint density at radius 3 is 2.93 bits per heavy atom. The van der Waals surface area contributed by atoms with E-state index in [2.05, 4.69) is 20.1 Å². The van der Waals surface area contributed by atoms with Crippen LogP contribution in [0.1, 0.15) is 39.2 Å². The number of H-pyrrole nitrogens is 1. The van der Waals surface area contributed by atoms with Gasteiger partial charge in [-0.25, -0.2) is 14.5 Å². The molecule has 4 aromatic rings. The standard InChI is InChI=1S/C18H13F3N6O2/c19-18(20,21)10-1-4-27-11(5-10)6-13(25-27)16-15-12(23-8-24-15)2-3-26(16)17(28)14-7-22-9-29-14/h1,4-9,16H,2-3H2,(H,23,24). The van der Waals surface area contributed by atoms with E-state index in [-0.39, 0.29) is 11.3 Å². The highest BCUT2D eigenvalue weighted by molar-refractivity contribution is 5.91. The van der Waals surface area contributed by atoms with Crippen molar-refractivity contribution in [2.75, 3.05) is 6.54 Å². The van der Waals surface area contributed by atoms with Crippen LogP contribution in [0, 0.1) is 0 Å². The Morgan fingerprint density at radius 2 is 2.17 bits per heavy atom. The monoisotopic (exact) mass is 402 g/mol. The Hall–Kier alpha value is -3.63. The normalized spacial score (nSPS) is 16.9. The number of alkyl halides is 3. The molecular weight excluding hydrogens is 389 g/mol. The molecule has 0 aromatic carbocycles. The third kappa shape index (κ3) is 2.85. The molecular formula is C18H13F3N6O2. The summed E-state index contributed by atoms with van der Waals surface area (Å²) in [5.74, 6) is -0.328. The van der Waals surface area contributed by atoms with Gasteiger partial charge in [0.25, 0.3) is 5.91 Å². The van der Waals surface area contributed by atoms with E-state index in [0.717, 1.165) is 24.2 Å². The van der Waals surface area contributed by atoms with Crippen molar-refractivity contribution in [2.45, 2.75) is 18.6 Å². The summed E-state index contributed by atoms with van der Waals surface area (Å²) in [7, 11) is 0. The Labute approximate surface area is 161 Å². The highest BCUT2D eigenvalue weighted by atomic mass is 19.4. The first-order valence-corrected chi connectivity index (χ1v) is 8.70. The third-order valence-electron chi connectivity index (χ3n) is 4.92. The van der Waals surface area contributed by atoms with Gasteiger partial charge in [-0.2, -0.15) is 18.3 Å². The van der Waals surface area contributed by atoms with Crippen molar-refractivity contribution < 1.29 is 22.4 Å². The largest absolute Gasteiger partial charge is 0.438 e. The number of oxazole rings is 1. The number of carbonyl (C=O) groups is 1. The first kappa shape index (κ1) is 17.5. The highest BCUT2D eigenvalue weighted by Crippen LogP contribution is 2.35. The Morgan fingerprint density at radius 1 is 1.31 bits per heavy atom. The summed E-state index contributed by atoms with van der Waals surface area (Å²) in [6, 6.07) is 2.84. The molecule has 0 saturated heterocycles. The SMILES string of the molecule is O=C(c1cnco1)N1CCc2[nH]cnc2C1c1cc2cc(C(F)(F)F)ccn2n1. The van der Waals surface area contributed by atoms with Crippen LogP contribution in [0.4, 0.5) is 13.2 Å². The van der Waals surface area contributed by atoms with Crippen LogP contribution in [0.3, 0.4) is 0 Å². The fourth-order valence-electron chi connectivity index (χ4n) is 3.58. The minimum absolute atomic E-state index is 0.0668. The molecule has 0 aliphatic carbocycles. The molecule has 0 radical (unpaired) electrons. The molecule has 0 fully saturated rings. The molecule has 1 unspecified atom stereocenters. The predicted octanol–water partition coefficient (Wildman–Crippen LogP) is 2.85. The van der Waals surface area contributed by atoms with Crippen LogP contribution >= 0.6 is 0 Å². The summed E-state index contributed by atoms with van der Waals surface area (Å²) in [5, 5.41) is 4.41. The zero-order valence-electron chi connectivity index (χ0n) is 14.7. The van der Waals surface area contributed by atoms with Crippen LogP contribution < -0.4 is 0 Å². The topological polar surface area (TPSA) is 92.3 Å². The van der Waals surface area contributed by atoms with Crippen molar-refractivity contribution in [3.05, 3.63) is 71.7 Å². The number of pyridine rings is 1. The molecule has 1 amide bonds. The molecule has 0 bridgehead atoms. The number of aromatic amines is 1. The van der Waals surface area contributed by atoms with Crippen molar-refractivity contribution in [3.8, 4) is 0 Å². The van der Waals surface area contributed by atoms with E-state index in [1.807, 2.05) is 0 Å². The molecule has 1 aliphatic heterocycles. The summed E-state index contributed by atoms with van der Waals surface area (Å²) in [4.78, 5) is 25.6. The first-order chi connectivity index (χ1) is 13.9. The number of aromatic nitrogens is 5. The number of halogens is 3. The van der Waals surface area contributed by atoms with E-state index >= 15 is 0 Å². The Balaban J connectivity index is 1.62. The molecule has 8 nitrogen and oxygen atoms in total. The van der Waals surface area contributed by atoms with Gasteiger partial charge < -0.3 is 14.3 Å². The smallest absolute Gasteiger partial charge is 0.416 e. The molecule has 5 heterocycles. The van der Waals surface area contributed by atoms with Crippen LogP contribution in [0.25, 0.3) is 5.52 Å². The van der Waals surface area contributed by atoms with Crippen LogP contribution in [-0.2, 0) is 12.6 Å². The average Bonchev–Trinajstić information content (AvgIpc) is 3.45. The molecule has 1 N–H and O–H groups in total. The summed E-state index contributed by atoms with van der Waals surface area (Å²) in [6.45, 7) is 0.362. The number of carbonyl (C=O) groups excluding carboxylic acids is 1. The van der Waals surface area contributed by atoms with E-state index in [4.69, 9.17) is 4.42 Å². The van der Waals surface area contributed by atoms with Gasteiger partial charge in [-0.1, -0.05) is 0 Å². The molecule has 148 valence electrons. The Kier molecular flexibility index (Phi) is 3.73. The van der Waals surface area contributed by atoms with Crippen molar-refractivity contribution >= 4 is 11.4 Å². The molecule has 11 heteroatoms. The average molecular weight is 402 g/mol. The van der Waals surface area contributed by atoms with E-state index < -0.39 is 23.7 Å². The summed E-state index contributed by atoms with van der Waals surface area (Å²) in [6.07, 6.45) is 1.35. The quantitative estimate of drug-likeness (QED) is 0.557. The van der Waals surface area contributed by atoms with Gasteiger partial charge in [-0.15, -0.1) is 0 Å². The lowest BCUT2D eigenvalue weighted by Crippen LogP contribution is -2.40. The zero-order valence-corrected chi connectivity index (χ0v) is 14.7. The van der Waals surface area contributed by atoms with Crippen molar-refractivity contribution in [1.29, 1.82) is 0 Å². The van der Waals surface area contributed by atoms with Crippen LogP contribution in [0.2, 0.25) is 0 Å². The summed E-state index contributed by atoms with van der Waals surface area (Å²) < 4.78 is 45.6. The summed E-state index contributed by atoms with van der Waals surface area (Å²) in [5.41, 5.74) is 1.36. The fourth-order valence-corrected chi connectivity index (χ4v) is 3.58. The van der Waals surface area contributed by atoms with Gasteiger partial charge in [0.2, 0.25) is 5.76 Å². The molecule has 29 heavy (non-hydrogen) atoms. The van der Waals surface area contributed by atoms with Gasteiger partial charge >= 0.3 is 6.18 Å². The maximum absolute atomic E-state index is 13.0. The number of nitrogens with zero attached hydrogens (tertiary/aromatic N) is 5. The van der Waals surface area contributed by atoms with Gasteiger partial charge in [0.05, 0.1) is 35.0 Å². The maximum atomic E-state index is 13.0. The summed E-state index contributed by atoms with van der Waals surface area (Å²) >= 11 is 0. The van der Waals surface area contributed by atoms with Gasteiger partial charge in [-0.3, -0.25) is 4.79 Å². The second-order valence-corrected chi connectivity index (χ2v) is 6.63. The minimum Gasteiger partial charge on any atom is -0.438 e. The lowest BCUT2D eigenvalue weighted by Gasteiger charge is -2.33. The number of fused-ring (bicyclic) bond motifs is 2. The van der Waals surface area contributed by atoms with Crippen molar-refractivity contribution in [1.82, 2.24) is 29.5 Å². The van der Waals surface area contributed by atoms with Crippen LogP contribution in [-0.4, -0.2) is 41.9 Å². The van der Waals surface area contributed by atoms with E-state index in [0.29, 0.717) is 24.4 Å². The second-order valence-electron chi connectivity index (χ2n) is 6.63. The third-order valence-corrected chi connectivity index (χ3v) is 4.92. The number of amides is 1. The fraction of sp³-hybridized carbons (Fsp3) is 0.222. The lowest BCUT2D eigenvalue weighted by atomic mass is 9.99. The van der Waals surface area contributed by atoms with E-state index in [1.54, 1.807) is 0 Å². The van der Waals surface area contributed by atoms with Gasteiger partial charge in [0.15, 0.2) is 6.39 Å². The van der Waals surface area contributed by atoms with Gasteiger partial charge in [0.1, 0.15) is 6.04 Å². The molecule has 4 aromatic heterocycles. The van der Waals surface area contributed by atoms with Crippen molar-refractivity contribution in [3.63, 3.8) is 0 Å². The highest BCUT2D eigenvalue weighted by Gasteiger charge is 2.37. The number of imidazole rings is 1. The predicted molar refractivity (Wildman–Crippen MR) is 91.9 cm³/mol. The minimum atomic E-state index is -4.46. The molecule has 1 aliphatic rings. The Bertz CT molecular complexity index is 1190. The van der Waals surface area contributed by atoms with E-state index in [9.17, 15) is 18.0 Å². The molecule has 0 spiro atoms. The molecule has 0 saturated carbocycles. The van der Waals surface area contributed by atoms with Gasteiger partial charge in [0, 0.05) is 24.9 Å². The number of hydrogen-bond acceptors (Lipinski definition) is 5. The molecule has 5 rings (SSSR count).